The van der Waals surface area contributed by atoms with Gasteiger partial charge in [-0.15, -0.1) is 24.0 Å². The Hall–Kier alpha value is -2.14. The number of anilines is 1. The fourth-order valence-electron chi connectivity index (χ4n) is 2.15. The predicted molar refractivity (Wildman–Crippen MR) is 101 cm³/mol. The summed E-state index contributed by atoms with van der Waals surface area (Å²) >= 11 is 0. The molecule has 0 spiro atoms. The van der Waals surface area contributed by atoms with Gasteiger partial charge in [-0.3, -0.25) is 0 Å². The van der Waals surface area contributed by atoms with E-state index in [0.29, 0.717) is 5.56 Å². The van der Waals surface area contributed by atoms with E-state index in [1.807, 2.05) is 32.0 Å². The first-order chi connectivity index (χ1) is 10.5. The van der Waals surface area contributed by atoms with Crippen molar-refractivity contribution < 1.29 is 4.39 Å². The molecule has 23 heavy (non-hydrogen) atoms. The first kappa shape index (κ1) is 18.9. The van der Waals surface area contributed by atoms with Crippen LogP contribution in [0, 0.1) is 31.0 Å². The summed E-state index contributed by atoms with van der Waals surface area (Å²) in [6.45, 7) is 4.11. The Morgan fingerprint density at radius 1 is 1.22 bits per heavy atom. The Labute approximate surface area is 152 Å². The van der Waals surface area contributed by atoms with Crippen LogP contribution in [0.5, 0.6) is 0 Å². The van der Waals surface area contributed by atoms with Crippen LogP contribution in [0.1, 0.15) is 22.3 Å². The minimum Gasteiger partial charge on any atom is -0.370 e. The van der Waals surface area contributed by atoms with Crippen molar-refractivity contribution in [1.29, 1.82) is 5.26 Å². The van der Waals surface area contributed by atoms with Gasteiger partial charge in [-0.2, -0.15) is 5.26 Å². The van der Waals surface area contributed by atoms with E-state index in [9.17, 15) is 4.39 Å². The fraction of sp³-hybridized carbons (Fsp3) is 0.176. The monoisotopic (exact) mass is 424 g/mol. The molecule has 0 aliphatic heterocycles. The third-order valence-electron chi connectivity index (χ3n) is 3.10. The van der Waals surface area contributed by atoms with Gasteiger partial charge in [-0.05, 0) is 49.2 Å². The molecule has 0 radical (unpaired) electrons. The van der Waals surface area contributed by atoms with Gasteiger partial charge in [0.25, 0.3) is 0 Å². The molecular weight excluding hydrogens is 406 g/mol. The summed E-state index contributed by atoms with van der Waals surface area (Å²) in [5.41, 5.74) is 9.58. The molecule has 2 aromatic rings. The average Bonchev–Trinajstić information content (AvgIpc) is 2.44. The molecule has 0 amide bonds. The quantitative estimate of drug-likeness (QED) is 0.447. The summed E-state index contributed by atoms with van der Waals surface area (Å²) in [5.74, 6) is -0.240. The topological polar surface area (TPSA) is 74.2 Å². The highest BCUT2D eigenvalue weighted by atomic mass is 127. The molecule has 0 atom stereocenters. The molecule has 0 aliphatic carbocycles. The molecule has 0 saturated heterocycles. The van der Waals surface area contributed by atoms with E-state index >= 15 is 0 Å². The zero-order chi connectivity index (χ0) is 16.1. The van der Waals surface area contributed by atoms with E-state index in [0.717, 1.165) is 16.8 Å². The first-order valence-electron chi connectivity index (χ1n) is 6.81. The average molecular weight is 424 g/mol. The highest BCUT2D eigenvalue weighted by molar-refractivity contribution is 14.0. The largest absolute Gasteiger partial charge is 0.370 e. The Kier molecular flexibility index (Phi) is 6.97. The summed E-state index contributed by atoms with van der Waals surface area (Å²) in [7, 11) is 0. The maximum absolute atomic E-state index is 13.7. The lowest BCUT2D eigenvalue weighted by Gasteiger charge is -2.08. The summed E-state index contributed by atoms with van der Waals surface area (Å²) < 4.78 is 13.7. The molecule has 6 heteroatoms. The number of nitrogens with two attached hydrogens (primary N) is 1. The van der Waals surface area contributed by atoms with E-state index < -0.39 is 5.82 Å². The van der Waals surface area contributed by atoms with Crippen LogP contribution in [0.3, 0.4) is 0 Å². The van der Waals surface area contributed by atoms with Crippen LogP contribution in [0.4, 0.5) is 10.1 Å². The molecule has 3 N–H and O–H groups in total. The van der Waals surface area contributed by atoms with Crippen LogP contribution in [0.15, 0.2) is 41.4 Å². The van der Waals surface area contributed by atoms with E-state index in [-0.39, 0.29) is 42.0 Å². The zero-order valence-corrected chi connectivity index (χ0v) is 15.3. The van der Waals surface area contributed by atoms with Gasteiger partial charge in [0.15, 0.2) is 5.96 Å². The van der Waals surface area contributed by atoms with Crippen molar-refractivity contribution >= 4 is 35.6 Å². The van der Waals surface area contributed by atoms with E-state index in [1.54, 1.807) is 12.1 Å². The van der Waals surface area contributed by atoms with E-state index in [4.69, 9.17) is 11.0 Å². The van der Waals surface area contributed by atoms with Gasteiger partial charge in [0.1, 0.15) is 5.82 Å². The maximum Gasteiger partial charge on any atom is 0.193 e. The van der Waals surface area contributed by atoms with Gasteiger partial charge >= 0.3 is 0 Å². The maximum atomic E-state index is 13.7. The SMILES string of the molecule is Cc1cc(C)cc(NC(N)=NCc2ccc(C#N)cc2F)c1.I. The number of aryl methyl sites for hydroxylation is 2. The molecular formula is C17H18FIN4. The number of nitriles is 1. The Bertz CT molecular complexity index is 745. The van der Waals surface area contributed by atoms with Gasteiger partial charge in [0.05, 0.1) is 18.2 Å². The molecule has 0 aromatic heterocycles. The Morgan fingerprint density at radius 2 is 1.87 bits per heavy atom. The number of aliphatic imine (C=N–C) groups is 1. The number of benzene rings is 2. The number of rotatable bonds is 3. The fourth-order valence-corrected chi connectivity index (χ4v) is 2.15. The lowest BCUT2D eigenvalue weighted by molar-refractivity contribution is 0.610. The molecule has 120 valence electrons. The second-order valence-corrected chi connectivity index (χ2v) is 5.12. The van der Waals surface area contributed by atoms with Crippen LogP contribution in [0.2, 0.25) is 0 Å². The van der Waals surface area contributed by atoms with E-state index in [1.165, 1.54) is 6.07 Å². The highest BCUT2D eigenvalue weighted by Gasteiger charge is 2.03. The highest BCUT2D eigenvalue weighted by Crippen LogP contribution is 2.14. The van der Waals surface area contributed by atoms with Gasteiger partial charge in [-0.25, -0.2) is 9.38 Å². The second kappa shape index (κ2) is 8.48. The molecule has 0 fully saturated rings. The van der Waals surface area contributed by atoms with Crippen molar-refractivity contribution in [1.82, 2.24) is 0 Å². The minimum absolute atomic E-state index is 0. The number of halogens is 2. The predicted octanol–water partition coefficient (Wildman–Crippen LogP) is 3.86. The minimum atomic E-state index is -0.456. The number of hydrogen-bond acceptors (Lipinski definition) is 2. The number of nitrogens with one attached hydrogen (secondary N) is 1. The number of hydrogen-bond donors (Lipinski definition) is 2. The van der Waals surface area contributed by atoms with Crippen molar-refractivity contribution in [2.24, 2.45) is 10.7 Å². The van der Waals surface area contributed by atoms with Crippen molar-refractivity contribution in [3.63, 3.8) is 0 Å². The summed E-state index contributed by atoms with van der Waals surface area (Å²) in [4.78, 5) is 4.13. The third-order valence-corrected chi connectivity index (χ3v) is 3.10. The Morgan fingerprint density at radius 3 is 2.43 bits per heavy atom. The van der Waals surface area contributed by atoms with Gasteiger partial charge in [0.2, 0.25) is 0 Å². The van der Waals surface area contributed by atoms with Crippen molar-refractivity contribution in [3.8, 4) is 6.07 Å². The molecule has 0 bridgehead atoms. The lowest BCUT2D eigenvalue weighted by atomic mass is 10.1. The normalized spacial score (nSPS) is 10.6. The second-order valence-electron chi connectivity index (χ2n) is 5.12. The van der Waals surface area contributed by atoms with Gasteiger partial charge in [0, 0.05) is 11.3 Å². The van der Waals surface area contributed by atoms with Gasteiger partial charge < -0.3 is 11.1 Å². The number of guanidine groups is 1. The van der Waals surface area contributed by atoms with Crippen LogP contribution < -0.4 is 11.1 Å². The summed E-state index contributed by atoms with van der Waals surface area (Å²) in [6.07, 6.45) is 0. The van der Waals surface area contributed by atoms with Crippen molar-refractivity contribution in [3.05, 3.63) is 64.5 Å². The molecule has 0 unspecified atom stereocenters. The standard InChI is InChI=1S/C17H17FN4.HI/c1-11-5-12(2)7-15(6-11)22-17(20)21-10-14-4-3-13(9-19)8-16(14)18;/h3-8H,10H2,1-2H3,(H3,20,21,22);1H. The lowest BCUT2D eigenvalue weighted by Crippen LogP contribution is -2.22. The first-order valence-corrected chi connectivity index (χ1v) is 6.81. The van der Waals surface area contributed by atoms with Crippen LogP contribution in [-0.2, 0) is 6.54 Å². The van der Waals surface area contributed by atoms with Crippen molar-refractivity contribution in [2.75, 3.05) is 5.32 Å². The Balaban J connectivity index is 0.00000264. The van der Waals surface area contributed by atoms with Crippen LogP contribution >= 0.6 is 24.0 Å². The van der Waals surface area contributed by atoms with Crippen molar-refractivity contribution in [2.45, 2.75) is 20.4 Å². The molecule has 0 saturated carbocycles. The van der Waals surface area contributed by atoms with Crippen LogP contribution in [0.25, 0.3) is 0 Å². The molecule has 2 aromatic carbocycles. The third kappa shape index (κ3) is 5.53. The smallest absolute Gasteiger partial charge is 0.193 e. The molecule has 2 rings (SSSR count). The molecule has 4 nitrogen and oxygen atoms in total. The van der Waals surface area contributed by atoms with E-state index in [2.05, 4.69) is 16.4 Å². The summed E-state index contributed by atoms with van der Waals surface area (Å²) in [5, 5.41) is 11.7. The number of nitrogens with zero attached hydrogens (tertiary/aromatic N) is 2. The zero-order valence-electron chi connectivity index (χ0n) is 12.9. The molecule has 0 aliphatic rings. The summed E-state index contributed by atoms with van der Waals surface area (Å²) in [6, 6.07) is 12.2. The van der Waals surface area contributed by atoms with Crippen LogP contribution in [-0.4, -0.2) is 5.96 Å². The van der Waals surface area contributed by atoms with Gasteiger partial charge in [-0.1, -0.05) is 12.1 Å². The molecule has 0 heterocycles.